The molecule has 0 aromatic heterocycles. The number of anilines is 1. The van der Waals surface area contributed by atoms with Crippen molar-refractivity contribution in [3.8, 4) is 0 Å². The molecule has 1 aliphatic carbocycles. The van der Waals surface area contributed by atoms with E-state index in [1.54, 1.807) is 26.2 Å². The van der Waals surface area contributed by atoms with Gasteiger partial charge in [-0.3, -0.25) is 0 Å². The lowest BCUT2D eigenvalue weighted by molar-refractivity contribution is 0.0916. The smallest absolute Gasteiger partial charge is 0.240 e. The molecule has 3 N–H and O–H groups in total. The SMILES string of the molecule is COC1CCCC1NS(=O)(=O)c1ccc(N)c(C)c1. The van der Waals surface area contributed by atoms with Gasteiger partial charge in [-0.05, 0) is 49.9 Å². The van der Waals surface area contributed by atoms with Crippen molar-refractivity contribution in [1.82, 2.24) is 4.72 Å². The molecule has 0 saturated heterocycles. The molecule has 0 aliphatic heterocycles. The van der Waals surface area contributed by atoms with E-state index >= 15 is 0 Å². The zero-order valence-electron chi connectivity index (χ0n) is 11.2. The maximum Gasteiger partial charge on any atom is 0.240 e. The molecule has 0 radical (unpaired) electrons. The van der Waals surface area contributed by atoms with Gasteiger partial charge in [-0.25, -0.2) is 13.1 Å². The molecule has 19 heavy (non-hydrogen) atoms. The number of aryl methyl sites for hydroxylation is 1. The highest BCUT2D eigenvalue weighted by molar-refractivity contribution is 7.89. The number of hydrogen-bond donors (Lipinski definition) is 2. The van der Waals surface area contributed by atoms with Gasteiger partial charge in [-0.15, -0.1) is 0 Å². The van der Waals surface area contributed by atoms with Gasteiger partial charge < -0.3 is 10.5 Å². The van der Waals surface area contributed by atoms with Crippen LogP contribution in [0.5, 0.6) is 0 Å². The zero-order chi connectivity index (χ0) is 14.0. The fourth-order valence-corrected chi connectivity index (χ4v) is 3.81. The second-order valence-corrected chi connectivity index (χ2v) is 6.67. The van der Waals surface area contributed by atoms with Crippen molar-refractivity contribution in [3.05, 3.63) is 23.8 Å². The molecule has 2 atom stereocenters. The van der Waals surface area contributed by atoms with Gasteiger partial charge in [0.2, 0.25) is 10.0 Å². The summed E-state index contributed by atoms with van der Waals surface area (Å²) >= 11 is 0. The lowest BCUT2D eigenvalue weighted by Crippen LogP contribution is -2.40. The van der Waals surface area contributed by atoms with Crippen LogP contribution in [0.4, 0.5) is 5.69 Å². The Morgan fingerprint density at radius 2 is 2.11 bits per heavy atom. The van der Waals surface area contributed by atoms with Crippen LogP contribution in [0.25, 0.3) is 0 Å². The van der Waals surface area contributed by atoms with Crippen LogP contribution in [-0.4, -0.2) is 27.7 Å². The third kappa shape index (κ3) is 3.08. The Morgan fingerprint density at radius 3 is 2.74 bits per heavy atom. The molecule has 0 amide bonds. The second-order valence-electron chi connectivity index (χ2n) is 4.95. The molecule has 2 rings (SSSR count). The zero-order valence-corrected chi connectivity index (χ0v) is 12.0. The van der Waals surface area contributed by atoms with E-state index < -0.39 is 10.0 Å². The maximum absolute atomic E-state index is 12.3. The molecule has 0 heterocycles. The average molecular weight is 284 g/mol. The summed E-state index contributed by atoms with van der Waals surface area (Å²) in [5.41, 5.74) is 7.06. The van der Waals surface area contributed by atoms with E-state index in [0.29, 0.717) is 5.69 Å². The number of sulfonamides is 1. The van der Waals surface area contributed by atoms with E-state index in [4.69, 9.17) is 10.5 Å². The molecular formula is C13H20N2O3S. The highest BCUT2D eigenvalue weighted by atomic mass is 32.2. The van der Waals surface area contributed by atoms with E-state index in [1.807, 2.05) is 0 Å². The number of hydrogen-bond acceptors (Lipinski definition) is 4. The highest BCUT2D eigenvalue weighted by Gasteiger charge is 2.31. The van der Waals surface area contributed by atoms with Crippen LogP contribution in [0, 0.1) is 6.92 Å². The topological polar surface area (TPSA) is 81.4 Å². The van der Waals surface area contributed by atoms with Crippen LogP contribution < -0.4 is 10.5 Å². The van der Waals surface area contributed by atoms with Crippen LogP contribution in [0.15, 0.2) is 23.1 Å². The summed E-state index contributed by atoms with van der Waals surface area (Å²) in [6, 6.07) is 4.59. The summed E-state index contributed by atoms with van der Waals surface area (Å²) < 4.78 is 32.6. The standard InChI is InChI=1S/C13H20N2O3S/c1-9-8-10(6-7-11(9)14)19(16,17)15-12-4-3-5-13(12)18-2/h6-8,12-13,15H,3-5,14H2,1-2H3. The first-order valence-corrected chi connectivity index (χ1v) is 7.83. The third-order valence-electron chi connectivity index (χ3n) is 3.61. The van der Waals surface area contributed by atoms with E-state index in [2.05, 4.69) is 4.72 Å². The van der Waals surface area contributed by atoms with E-state index in [-0.39, 0.29) is 17.0 Å². The molecule has 1 saturated carbocycles. The van der Waals surface area contributed by atoms with Crippen molar-refractivity contribution in [2.75, 3.05) is 12.8 Å². The first kappa shape index (κ1) is 14.3. The Balaban J connectivity index is 2.20. The number of nitrogens with two attached hydrogens (primary N) is 1. The Kier molecular flexibility index (Phi) is 4.13. The van der Waals surface area contributed by atoms with Crippen molar-refractivity contribution in [1.29, 1.82) is 0 Å². The maximum atomic E-state index is 12.3. The number of nitrogen functional groups attached to an aromatic ring is 1. The van der Waals surface area contributed by atoms with Gasteiger partial charge in [0.25, 0.3) is 0 Å². The summed E-state index contributed by atoms with van der Waals surface area (Å²) in [7, 11) is -1.90. The van der Waals surface area contributed by atoms with Crippen LogP contribution in [0.2, 0.25) is 0 Å². The minimum atomic E-state index is -3.51. The van der Waals surface area contributed by atoms with Crippen molar-refractivity contribution in [2.24, 2.45) is 0 Å². The molecule has 6 heteroatoms. The quantitative estimate of drug-likeness (QED) is 0.819. The minimum absolute atomic E-state index is 0.0374. The van der Waals surface area contributed by atoms with Gasteiger partial charge in [0.05, 0.1) is 11.0 Å². The van der Waals surface area contributed by atoms with Crippen molar-refractivity contribution in [3.63, 3.8) is 0 Å². The van der Waals surface area contributed by atoms with Crippen LogP contribution >= 0.6 is 0 Å². The first-order valence-electron chi connectivity index (χ1n) is 6.35. The molecule has 5 nitrogen and oxygen atoms in total. The molecule has 0 bridgehead atoms. The van der Waals surface area contributed by atoms with E-state index in [0.717, 1.165) is 24.8 Å². The Bertz CT molecular complexity index is 557. The summed E-state index contributed by atoms with van der Waals surface area (Å²) in [6.07, 6.45) is 2.65. The van der Waals surface area contributed by atoms with Crippen LogP contribution in [-0.2, 0) is 14.8 Å². The molecule has 1 aliphatic rings. The van der Waals surface area contributed by atoms with Gasteiger partial charge in [-0.2, -0.15) is 0 Å². The van der Waals surface area contributed by atoms with E-state index in [1.165, 1.54) is 6.07 Å². The molecule has 0 spiro atoms. The largest absolute Gasteiger partial charge is 0.399 e. The van der Waals surface area contributed by atoms with Crippen molar-refractivity contribution in [2.45, 2.75) is 43.2 Å². The minimum Gasteiger partial charge on any atom is -0.399 e. The summed E-state index contributed by atoms with van der Waals surface area (Å²) in [5, 5.41) is 0. The van der Waals surface area contributed by atoms with Crippen molar-refractivity contribution >= 4 is 15.7 Å². The number of benzene rings is 1. The predicted molar refractivity (Wildman–Crippen MR) is 74.3 cm³/mol. The van der Waals surface area contributed by atoms with Crippen molar-refractivity contribution < 1.29 is 13.2 Å². The fraction of sp³-hybridized carbons (Fsp3) is 0.538. The number of rotatable bonds is 4. The molecule has 1 fully saturated rings. The van der Waals surface area contributed by atoms with E-state index in [9.17, 15) is 8.42 Å². The predicted octanol–water partition coefficient (Wildman–Crippen LogP) is 1.42. The number of nitrogens with one attached hydrogen (secondary N) is 1. The van der Waals surface area contributed by atoms with Gasteiger partial charge in [-0.1, -0.05) is 0 Å². The summed E-state index contributed by atoms with van der Waals surface area (Å²) in [5.74, 6) is 0. The van der Waals surface area contributed by atoms with Gasteiger partial charge in [0, 0.05) is 18.8 Å². The van der Waals surface area contributed by atoms with Gasteiger partial charge >= 0.3 is 0 Å². The Hall–Kier alpha value is -1.11. The normalized spacial score (nSPS) is 23.7. The monoisotopic (exact) mass is 284 g/mol. The number of methoxy groups -OCH3 is 1. The highest BCUT2D eigenvalue weighted by Crippen LogP contribution is 2.24. The fourth-order valence-electron chi connectivity index (χ4n) is 2.43. The Labute approximate surface area is 114 Å². The molecule has 1 aromatic rings. The van der Waals surface area contributed by atoms with Gasteiger partial charge in [0.1, 0.15) is 0 Å². The van der Waals surface area contributed by atoms with Crippen LogP contribution in [0.1, 0.15) is 24.8 Å². The first-order chi connectivity index (χ1) is 8.94. The number of ether oxygens (including phenoxy) is 1. The lowest BCUT2D eigenvalue weighted by atomic mass is 10.2. The average Bonchev–Trinajstić information content (AvgIpc) is 2.79. The molecular weight excluding hydrogens is 264 g/mol. The summed E-state index contributed by atoms with van der Waals surface area (Å²) in [4.78, 5) is 0.251. The molecule has 1 aromatic carbocycles. The second kappa shape index (κ2) is 5.48. The Morgan fingerprint density at radius 1 is 1.37 bits per heavy atom. The molecule has 106 valence electrons. The third-order valence-corrected chi connectivity index (χ3v) is 5.10. The lowest BCUT2D eigenvalue weighted by Gasteiger charge is -2.19. The van der Waals surface area contributed by atoms with Gasteiger partial charge in [0.15, 0.2) is 0 Å². The summed E-state index contributed by atoms with van der Waals surface area (Å²) in [6.45, 7) is 1.79. The molecule has 2 unspecified atom stereocenters. The van der Waals surface area contributed by atoms with Crippen LogP contribution in [0.3, 0.4) is 0 Å².